The molecule has 6 heteroatoms. The quantitative estimate of drug-likeness (QED) is 0.773. The van der Waals surface area contributed by atoms with Gasteiger partial charge in [0.1, 0.15) is 5.75 Å². The van der Waals surface area contributed by atoms with Crippen molar-refractivity contribution in [3.8, 4) is 5.75 Å². The molecular weight excluding hydrogens is 368 g/mol. The Morgan fingerprint density at radius 1 is 1.14 bits per heavy atom. The third-order valence-electron chi connectivity index (χ3n) is 5.28. The second kappa shape index (κ2) is 9.45. The normalized spacial score (nSPS) is 14.5. The van der Waals surface area contributed by atoms with Gasteiger partial charge in [0.15, 0.2) is 0 Å². The summed E-state index contributed by atoms with van der Waals surface area (Å²) < 4.78 is 5.49. The maximum absolute atomic E-state index is 12.8. The van der Waals surface area contributed by atoms with Crippen LogP contribution in [0, 0.1) is 5.92 Å². The van der Waals surface area contributed by atoms with Gasteiger partial charge in [-0.25, -0.2) is 0 Å². The zero-order chi connectivity index (χ0) is 20.8. The van der Waals surface area contributed by atoms with Crippen LogP contribution in [0.3, 0.4) is 0 Å². The minimum Gasteiger partial charge on any atom is -0.494 e. The highest BCUT2D eigenvalue weighted by Gasteiger charge is 2.24. The summed E-state index contributed by atoms with van der Waals surface area (Å²) in [6, 6.07) is 15.4. The molecule has 154 valence electrons. The van der Waals surface area contributed by atoms with Crippen LogP contribution in [0.1, 0.15) is 35.7 Å². The number of ether oxygens (including phenoxy) is 1. The van der Waals surface area contributed by atoms with E-state index < -0.39 is 5.97 Å². The SMILES string of the molecule is CCOc1cccc(C(=O)N(C)Cc2cccc(N3CCC(C(=O)O)CC3)c2)c1. The average Bonchev–Trinajstić information content (AvgIpc) is 2.74. The lowest BCUT2D eigenvalue weighted by Gasteiger charge is -2.32. The number of carbonyl (C=O) groups excluding carboxylic acids is 1. The highest BCUT2D eigenvalue weighted by Crippen LogP contribution is 2.25. The Labute approximate surface area is 171 Å². The number of carbonyl (C=O) groups is 2. The number of carboxylic acids is 1. The van der Waals surface area contributed by atoms with Crippen molar-refractivity contribution >= 4 is 17.6 Å². The first-order valence-corrected chi connectivity index (χ1v) is 10.0. The predicted octanol–water partition coefficient (Wildman–Crippen LogP) is 3.66. The fraction of sp³-hybridized carbons (Fsp3) is 0.391. The molecule has 6 nitrogen and oxygen atoms in total. The standard InChI is InChI=1S/C23H28N2O4/c1-3-29-21-9-5-7-19(15-21)22(26)24(2)16-17-6-4-8-20(14-17)25-12-10-18(11-13-25)23(27)28/h4-9,14-15,18H,3,10-13,16H2,1-2H3,(H,27,28). The van der Waals surface area contributed by atoms with Crippen LogP contribution in [0.4, 0.5) is 5.69 Å². The Morgan fingerprint density at radius 2 is 1.86 bits per heavy atom. The summed E-state index contributed by atoms with van der Waals surface area (Å²) in [6.45, 7) is 4.44. The third kappa shape index (κ3) is 5.28. The fourth-order valence-corrected chi connectivity index (χ4v) is 3.69. The maximum Gasteiger partial charge on any atom is 0.306 e. The van der Waals surface area contributed by atoms with E-state index >= 15 is 0 Å². The topological polar surface area (TPSA) is 70.1 Å². The van der Waals surface area contributed by atoms with Crippen LogP contribution >= 0.6 is 0 Å². The molecule has 1 N–H and O–H groups in total. The van der Waals surface area contributed by atoms with Crippen molar-refractivity contribution in [1.82, 2.24) is 4.90 Å². The lowest BCUT2D eigenvalue weighted by atomic mass is 9.96. The van der Waals surface area contributed by atoms with Gasteiger partial charge in [0.2, 0.25) is 0 Å². The minimum absolute atomic E-state index is 0.0563. The Kier molecular flexibility index (Phi) is 6.75. The summed E-state index contributed by atoms with van der Waals surface area (Å²) in [7, 11) is 1.79. The number of hydrogen-bond acceptors (Lipinski definition) is 4. The van der Waals surface area contributed by atoms with Crippen LogP contribution in [-0.4, -0.2) is 48.6 Å². The van der Waals surface area contributed by atoms with E-state index in [0.717, 1.165) is 24.3 Å². The second-order valence-corrected chi connectivity index (χ2v) is 7.39. The first kappa shape index (κ1) is 20.7. The zero-order valence-corrected chi connectivity index (χ0v) is 17.0. The van der Waals surface area contributed by atoms with E-state index in [1.54, 1.807) is 24.1 Å². The molecule has 2 aromatic rings. The first-order chi connectivity index (χ1) is 14.0. The molecule has 3 rings (SSSR count). The van der Waals surface area contributed by atoms with Crippen molar-refractivity contribution in [1.29, 1.82) is 0 Å². The highest BCUT2D eigenvalue weighted by atomic mass is 16.5. The molecule has 0 spiro atoms. The minimum atomic E-state index is -0.702. The number of piperidine rings is 1. The summed E-state index contributed by atoms with van der Waals surface area (Å²) in [5, 5.41) is 9.17. The molecule has 1 fully saturated rings. The lowest BCUT2D eigenvalue weighted by molar-refractivity contribution is -0.142. The van der Waals surface area contributed by atoms with Gasteiger partial charge >= 0.3 is 5.97 Å². The predicted molar refractivity (Wildman–Crippen MR) is 112 cm³/mol. The van der Waals surface area contributed by atoms with Crippen molar-refractivity contribution in [2.24, 2.45) is 5.92 Å². The van der Waals surface area contributed by atoms with Crippen LogP contribution in [0.25, 0.3) is 0 Å². The number of hydrogen-bond donors (Lipinski definition) is 1. The molecule has 1 aliphatic rings. The van der Waals surface area contributed by atoms with Gasteiger partial charge in [-0.3, -0.25) is 9.59 Å². The van der Waals surface area contributed by atoms with Gasteiger partial charge in [-0.15, -0.1) is 0 Å². The number of amides is 1. The average molecular weight is 396 g/mol. The number of benzene rings is 2. The first-order valence-electron chi connectivity index (χ1n) is 10.0. The summed E-state index contributed by atoms with van der Waals surface area (Å²) in [5.74, 6) is -0.310. The molecule has 0 unspecified atom stereocenters. The van der Waals surface area contributed by atoms with Gasteiger partial charge in [-0.05, 0) is 55.7 Å². The monoisotopic (exact) mass is 396 g/mol. The van der Waals surface area contributed by atoms with Gasteiger partial charge < -0.3 is 19.6 Å². The molecule has 1 heterocycles. The molecule has 0 saturated carbocycles. The zero-order valence-electron chi connectivity index (χ0n) is 17.0. The Balaban J connectivity index is 1.64. The van der Waals surface area contributed by atoms with Crippen LogP contribution in [-0.2, 0) is 11.3 Å². The van der Waals surface area contributed by atoms with Gasteiger partial charge in [-0.1, -0.05) is 18.2 Å². The highest BCUT2D eigenvalue weighted by molar-refractivity contribution is 5.94. The molecule has 0 bridgehead atoms. The number of rotatable bonds is 7. The number of anilines is 1. The van der Waals surface area contributed by atoms with E-state index in [0.29, 0.717) is 37.3 Å². The van der Waals surface area contributed by atoms with Crippen molar-refractivity contribution in [3.63, 3.8) is 0 Å². The Hall–Kier alpha value is -3.02. The lowest BCUT2D eigenvalue weighted by Crippen LogP contribution is -2.36. The van der Waals surface area contributed by atoms with E-state index in [-0.39, 0.29) is 11.8 Å². The Morgan fingerprint density at radius 3 is 2.55 bits per heavy atom. The molecule has 0 atom stereocenters. The summed E-state index contributed by atoms with van der Waals surface area (Å²) in [5.41, 5.74) is 2.72. The van der Waals surface area contributed by atoms with Gasteiger partial charge in [-0.2, -0.15) is 0 Å². The smallest absolute Gasteiger partial charge is 0.306 e. The third-order valence-corrected chi connectivity index (χ3v) is 5.28. The summed E-state index contributed by atoms with van der Waals surface area (Å²) in [6.07, 6.45) is 1.32. The van der Waals surface area contributed by atoms with Crippen molar-refractivity contribution in [2.45, 2.75) is 26.3 Å². The van der Waals surface area contributed by atoms with Crippen LogP contribution < -0.4 is 9.64 Å². The molecule has 2 aromatic carbocycles. The van der Waals surface area contributed by atoms with Gasteiger partial charge in [0.25, 0.3) is 5.91 Å². The number of nitrogens with zero attached hydrogens (tertiary/aromatic N) is 2. The van der Waals surface area contributed by atoms with E-state index in [1.165, 1.54) is 0 Å². The van der Waals surface area contributed by atoms with Gasteiger partial charge in [0.05, 0.1) is 12.5 Å². The molecule has 0 aliphatic carbocycles. The van der Waals surface area contributed by atoms with Crippen LogP contribution in [0.5, 0.6) is 5.75 Å². The van der Waals surface area contributed by atoms with E-state index in [9.17, 15) is 9.59 Å². The molecule has 29 heavy (non-hydrogen) atoms. The van der Waals surface area contributed by atoms with Crippen molar-refractivity contribution < 1.29 is 19.4 Å². The van der Waals surface area contributed by atoms with Crippen LogP contribution in [0.2, 0.25) is 0 Å². The number of carboxylic acid groups (broad SMARTS) is 1. The van der Waals surface area contributed by atoms with Crippen LogP contribution in [0.15, 0.2) is 48.5 Å². The molecule has 1 amide bonds. The van der Waals surface area contributed by atoms with E-state index in [2.05, 4.69) is 11.0 Å². The molecular formula is C23H28N2O4. The Bertz CT molecular complexity index is 859. The maximum atomic E-state index is 12.8. The molecule has 1 saturated heterocycles. The molecule has 0 aromatic heterocycles. The number of aliphatic carboxylic acids is 1. The molecule has 0 radical (unpaired) electrons. The largest absolute Gasteiger partial charge is 0.494 e. The van der Waals surface area contributed by atoms with Crippen molar-refractivity contribution in [3.05, 3.63) is 59.7 Å². The van der Waals surface area contributed by atoms with Crippen molar-refractivity contribution in [2.75, 3.05) is 31.6 Å². The van der Waals surface area contributed by atoms with Gasteiger partial charge in [0, 0.05) is 37.9 Å². The summed E-state index contributed by atoms with van der Waals surface area (Å²) >= 11 is 0. The molecule has 1 aliphatic heterocycles. The van der Waals surface area contributed by atoms with E-state index in [4.69, 9.17) is 9.84 Å². The summed E-state index contributed by atoms with van der Waals surface area (Å²) in [4.78, 5) is 27.9. The fourth-order valence-electron chi connectivity index (χ4n) is 3.69. The second-order valence-electron chi connectivity index (χ2n) is 7.39. The van der Waals surface area contributed by atoms with E-state index in [1.807, 2.05) is 37.3 Å².